The van der Waals surface area contributed by atoms with E-state index in [1.807, 2.05) is 0 Å². The second-order valence-corrected chi connectivity index (χ2v) is 4.98. The molecule has 1 fully saturated rings. The van der Waals surface area contributed by atoms with Gasteiger partial charge in [0.2, 0.25) is 0 Å². The van der Waals surface area contributed by atoms with Crippen LogP contribution in [0.1, 0.15) is 77.6 Å². The van der Waals surface area contributed by atoms with E-state index in [0.717, 1.165) is 0 Å². The van der Waals surface area contributed by atoms with E-state index in [4.69, 9.17) is 0 Å². The van der Waals surface area contributed by atoms with Gasteiger partial charge in [0, 0.05) is 0 Å². The molecule has 1 rings (SSSR count). The molecule has 0 aromatic heterocycles. The topological polar surface area (TPSA) is 0 Å². The van der Waals surface area contributed by atoms with Crippen molar-refractivity contribution in [1.29, 1.82) is 0 Å². The first-order valence-electron chi connectivity index (χ1n) is 7.29. The summed E-state index contributed by atoms with van der Waals surface area (Å²) in [5, 5.41) is 0. The molecule has 0 saturated heterocycles. The van der Waals surface area contributed by atoms with E-state index < -0.39 is 0 Å². The minimum Gasteiger partial charge on any atom is -0.0654 e. The minimum atomic E-state index is 1.28. The van der Waals surface area contributed by atoms with Crippen molar-refractivity contribution in [3.05, 3.63) is 25.2 Å². The average Bonchev–Trinajstić information content (AvgIpc) is 2.80. The van der Waals surface area contributed by atoms with Gasteiger partial charge in [-0.25, -0.2) is 0 Å². The third-order valence-electron chi connectivity index (χ3n) is 3.38. The van der Waals surface area contributed by atoms with E-state index in [9.17, 15) is 0 Å². The van der Waals surface area contributed by atoms with Crippen molar-refractivity contribution in [3.63, 3.8) is 0 Å². The molecule has 0 aliphatic heterocycles. The Morgan fingerprint density at radius 2 is 1.81 bits per heavy atom. The number of rotatable bonds is 10. The van der Waals surface area contributed by atoms with E-state index in [0.29, 0.717) is 0 Å². The zero-order chi connectivity index (χ0) is 11.5. The third kappa shape index (κ3) is 7.30. The molecule has 0 spiro atoms. The summed E-state index contributed by atoms with van der Waals surface area (Å²) in [5.41, 5.74) is 0. The quantitative estimate of drug-likeness (QED) is 0.426. The maximum Gasteiger partial charge on any atom is -0.0170 e. The molecule has 0 heterocycles. The van der Waals surface area contributed by atoms with Crippen LogP contribution >= 0.6 is 0 Å². The van der Waals surface area contributed by atoms with Gasteiger partial charge in [0.25, 0.3) is 0 Å². The van der Waals surface area contributed by atoms with Crippen molar-refractivity contribution in [2.75, 3.05) is 0 Å². The first-order valence-corrected chi connectivity index (χ1v) is 7.29. The molecule has 0 aromatic carbocycles. The van der Waals surface area contributed by atoms with E-state index >= 15 is 0 Å². The van der Waals surface area contributed by atoms with Gasteiger partial charge >= 0.3 is 0 Å². The van der Waals surface area contributed by atoms with Gasteiger partial charge in [-0.2, -0.15) is 0 Å². The van der Waals surface area contributed by atoms with Crippen LogP contribution in [-0.2, 0) is 0 Å². The molecule has 0 nitrogen and oxygen atoms in total. The molecule has 0 atom stereocenters. The molecule has 1 aliphatic rings. The highest BCUT2D eigenvalue weighted by molar-refractivity contribution is 5.21. The summed E-state index contributed by atoms with van der Waals surface area (Å²) in [5.74, 6) is 1.57. The van der Waals surface area contributed by atoms with Crippen molar-refractivity contribution in [2.24, 2.45) is 0 Å². The van der Waals surface area contributed by atoms with Gasteiger partial charge in [-0.1, -0.05) is 58.3 Å². The minimum absolute atomic E-state index is 1.28. The van der Waals surface area contributed by atoms with Gasteiger partial charge in [-0.05, 0) is 44.4 Å². The largest absolute Gasteiger partial charge is 0.0654 e. The van der Waals surface area contributed by atoms with E-state index in [-0.39, 0.29) is 0 Å². The molecule has 0 bridgehead atoms. The molecule has 0 heteroatoms. The van der Waals surface area contributed by atoms with Crippen LogP contribution in [-0.4, -0.2) is 0 Å². The van der Waals surface area contributed by atoms with Crippen molar-refractivity contribution in [3.8, 4) is 0 Å². The number of hydrogen-bond acceptors (Lipinski definition) is 0. The molecule has 0 amide bonds. The smallest absolute Gasteiger partial charge is 0.0170 e. The van der Waals surface area contributed by atoms with E-state index in [2.05, 4.69) is 26.2 Å². The number of hydrogen-bond donors (Lipinski definition) is 0. The molecule has 4 radical (unpaired) electrons. The normalized spacial score (nSPS) is 17.1. The monoisotopic (exact) mass is 220 g/mol. The average molecular weight is 220 g/mol. The molecular formula is C16H28. The fourth-order valence-electron chi connectivity index (χ4n) is 2.30. The van der Waals surface area contributed by atoms with Gasteiger partial charge in [0.15, 0.2) is 0 Å². The lowest BCUT2D eigenvalue weighted by atomic mass is 9.99. The first-order chi connectivity index (χ1) is 7.93. The first kappa shape index (κ1) is 14.1. The zero-order valence-electron chi connectivity index (χ0n) is 11.0. The Morgan fingerprint density at radius 1 is 1.06 bits per heavy atom. The standard InChI is InChI=1S/C16H28/c1-2-3-4-5-6-7-8-9-10-13-16-14-11-12-15-16/h10,13-14H,2-9,11-12,15H2,1H3. The molecule has 0 N–H and O–H groups in total. The molecule has 1 aliphatic carbocycles. The second kappa shape index (κ2) is 10.2. The summed E-state index contributed by atoms with van der Waals surface area (Å²) in [6.07, 6.45) is 22.3. The Morgan fingerprint density at radius 3 is 2.50 bits per heavy atom. The maximum atomic E-state index is 2.39. The van der Waals surface area contributed by atoms with Crippen LogP contribution < -0.4 is 0 Å². The van der Waals surface area contributed by atoms with Crippen molar-refractivity contribution in [1.82, 2.24) is 0 Å². The Balaban J connectivity index is 1.71. The van der Waals surface area contributed by atoms with Crippen molar-refractivity contribution in [2.45, 2.75) is 77.6 Å². The predicted octanol–water partition coefficient (Wildman–Crippen LogP) is 5.50. The Labute approximate surface area is 103 Å². The lowest BCUT2D eigenvalue weighted by Gasteiger charge is -2.06. The Kier molecular flexibility index (Phi) is 8.94. The third-order valence-corrected chi connectivity index (χ3v) is 3.38. The zero-order valence-corrected chi connectivity index (χ0v) is 11.0. The fraction of sp³-hybridized carbons (Fsp3) is 0.750. The van der Waals surface area contributed by atoms with E-state index in [1.54, 1.807) is 5.92 Å². The van der Waals surface area contributed by atoms with Gasteiger partial charge in [-0.15, -0.1) is 0 Å². The summed E-state index contributed by atoms with van der Waals surface area (Å²) >= 11 is 0. The van der Waals surface area contributed by atoms with Crippen LogP contribution in [0.5, 0.6) is 0 Å². The second-order valence-electron chi connectivity index (χ2n) is 4.98. The fourth-order valence-corrected chi connectivity index (χ4v) is 2.30. The van der Waals surface area contributed by atoms with Crippen LogP contribution in [0.15, 0.2) is 0 Å². The van der Waals surface area contributed by atoms with Crippen molar-refractivity contribution >= 4 is 0 Å². The highest BCUT2D eigenvalue weighted by Crippen LogP contribution is 2.29. The van der Waals surface area contributed by atoms with Crippen LogP contribution in [0, 0.1) is 25.2 Å². The summed E-state index contributed by atoms with van der Waals surface area (Å²) in [7, 11) is 0. The van der Waals surface area contributed by atoms with Gasteiger partial charge in [0.1, 0.15) is 0 Å². The van der Waals surface area contributed by atoms with Gasteiger partial charge < -0.3 is 0 Å². The molecule has 0 unspecified atom stereocenters. The highest BCUT2D eigenvalue weighted by Gasteiger charge is 2.14. The Bertz CT molecular complexity index is 133. The summed E-state index contributed by atoms with van der Waals surface area (Å²) in [6.45, 7) is 2.28. The van der Waals surface area contributed by atoms with E-state index in [1.165, 1.54) is 70.6 Å². The predicted molar refractivity (Wildman–Crippen MR) is 72.6 cm³/mol. The molecule has 1 saturated carbocycles. The summed E-state index contributed by atoms with van der Waals surface area (Å²) in [6, 6.07) is 0. The van der Waals surface area contributed by atoms with Crippen LogP contribution in [0.25, 0.3) is 0 Å². The Hall–Kier alpha value is 0. The van der Waals surface area contributed by atoms with Crippen LogP contribution in [0.2, 0.25) is 0 Å². The van der Waals surface area contributed by atoms with Crippen molar-refractivity contribution < 1.29 is 0 Å². The van der Waals surface area contributed by atoms with Gasteiger partial charge in [0.05, 0.1) is 0 Å². The van der Waals surface area contributed by atoms with Crippen LogP contribution in [0.3, 0.4) is 0 Å². The lowest BCUT2D eigenvalue weighted by Crippen LogP contribution is -1.92. The lowest BCUT2D eigenvalue weighted by molar-refractivity contribution is 0.588. The molecule has 0 aromatic rings. The maximum absolute atomic E-state index is 2.39. The van der Waals surface area contributed by atoms with Crippen LogP contribution in [0.4, 0.5) is 0 Å². The summed E-state index contributed by atoms with van der Waals surface area (Å²) < 4.78 is 0. The SMILES string of the molecule is CCCCCCCCC[CH][CH][C]1[CH]CCC1. The molecule has 92 valence electrons. The number of unbranched alkanes of at least 4 members (excludes halogenated alkanes) is 8. The summed E-state index contributed by atoms with van der Waals surface area (Å²) in [4.78, 5) is 0. The highest BCUT2D eigenvalue weighted by atomic mass is 14.2. The van der Waals surface area contributed by atoms with Gasteiger partial charge in [-0.3, -0.25) is 0 Å². The molecular weight excluding hydrogens is 192 g/mol. The molecule has 16 heavy (non-hydrogen) atoms.